The van der Waals surface area contributed by atoms with Gasteiger partial charge in [0.1, 0.15) is 5.65 Å². The molecule has 124 valence electrons. The second-order valence-corrected chi connectivity index (χ2v) is 6.19. The van der Waals surface area contributed by atoms with Crippen molar-refractivity contribution in [3.8, 4) is 11.3 Å². The molecule has 1 fully saturated rings. The predicted octanol–water partition coefficient (Wildman–Crippen LogP) is 1.87. The number of rotatable bonds is 3. The van der Waals surface area contributed by atoms with Crippen LogP contribution in [0.25, 0.3) is 22.3 Å². The summed E-state index contributed by atoms with van der Waals surface area (Å²) in [7, 11) is 0. The minimum absolute atomic E-state index is 0.146. The molecule has 0 aromatic carbocycles. The van der Waals surface area contributed by atoms with Crippen LogP contribution in [0.3, 0.4) is 0 Å². The normalized spacial score (nSPS) is 17.8. The molecule has 0 radical (unpaired) electrons. The zero-order chi connectivity index (χ0) is 16.7. The number of hydrogen-bond donors (Lipinski definition) is 3. The average molecular weight is 324 g/mol. The molecule has 4 N–H and O–H groups in total. The van der Waals surface area contributed by atoms with Gasteiger partial charge in [-0.3, -0.25) is 0 Å². The van der Waals surface area contributed by atoms with Crippen molar-refractivity contribution in [1.29, 1.82) is 0 Å². The predicted molar refractivity (Wildman–Crippen MR) is 93.7 cm³/mol. The van der Waals surface area contributed by atoms with Crippen LogP contribution in [0.15, 0.2) is 24.7 Å². The highest BCUT2D eigenvalue weighted by Crippen LogP contribution is 2.39. The van der Waals surface area contributed by atoms with E-state index in [1.54, 1.807) is 6.20 Å². The van der Waals surface area contributed by atoms with Crippen molar-refractivity contribution in [2.24, 2.45) is 0 Å². The third kappa shape index (κ3) is 2.28. The summed E-state index contributed by atoms with van der Waals surface area (Å²) in [5, 5.41) is 10.8. The van der Waals surface area contributed by atoms with Crippen molar-refractivity contribution in [2.45, 2.75) is 25.8 Å². The van der Waals surface area contributed by atoms with Crippen molar-refractivity contribution < 1.29 is 5.11 Å². The third-order valence-electron chi connectivity index (χ3n) is 4.68. The maximum Gasteiger partial charge on any atom is 0.220 e. The van der Waals surface area contributed by atoms with Crippen molar-refractivity contribution in [1.82, 2.24) is 19.9 Å². The SMILES string of the molecule is Cc1cnc2[nH]cc(-c3ccnc(N)n3)c2c1N1CCC[C@H]1CO. The van der Waals surface area contributed by atoms with Crippen molar-refractivity contribution in [3.63, 3.8) is 0 Å². The summed E-state index contributed by atoms with van der Waals surface area (Å²) in [6.07, 6.45) is 7.52. The molecule has 0 spiro atoms. The number of H-pyrrole nitrogens is 1. The Morgan fingerprint density at radius 2 is 2.29 bits per heavy atom. The van der Waals surface area contributed by atoms with Crippen molar-refractivity contribution >= 4 is 22.7 Å². The van der Waals surface area contributed by atoms with E-state index in [-0.39, 0.29) is 18.6 Å². The highest BCUT2D eigenvalue weighted by atomic mass is 16.3. The number of aromatic amines is 1. The van der Waals surface area contributed by atoms with Gasteiger partial charge in [-0.15, -0.1) is 0 Å². The highest BCUT2D eigenvalue weighted by Gasteiger charge is 2.28. The van der Waals surface area contributed by atoms with Gasteiger partial charge in [0.25, 0.3) is 0 Å². The van der Waals surface area contributed by atoms with E-state index < -0.39 is 0 Å². The molecule has 0 bridgehead atoms. The molecule has 7 heteroatoms. The van der Waals surface area contributed by atoms with Gasteiger partial charge >= 0.3 is 0 Å². The van der Waals surface area contributed by atoms with Gasteiger partial charge in [0, 0.05) is 30.7 Å². The first-order chi connectivity index (χ1) is 11.7. The van der Waals surface area contributed by atoms with Crippen LogP contribution in [-0.4, -0.2) is 44.2 Å². The van der Waals surface area contributed by atoms with Gasteiger partial charge in [-0.25, -0.2) is 15.0 Å². The number of nitrogens with zero attached hydrogens (tertiary/aromatic N) is 4. The molecule has 3 aromatic rings. The van der Waals surface area contributed by atoms with Gasteiger partial charge in [0.15, 0.2) is 0 Å². The van der Waals surface area contributed by atoms with Gasteiger partial charge in [-0.05, 0) is 31.4 Å². The molecule has 4 rings (SSSR count). The van der Waals surface area contributed by atoms with E-state index in [4.69, 9.17) is 5.73 Å². The maximum absolute atomic E-state index is 9.73. The van der Waals surface area contributed by atoms with Gasteiger partial charge in [-0.2, -0.15) is 0 Å². The monoisotopic (exact) mass is 324 g/mol. The molecule has 7 nitrogen and oxygen atoms in total. The van der Waals surface area contributed by atoms with E-state index in [9.17, 15) is 5.11 Å². The molecule has 4 heterocycles. The topological polar surface area (TPSA) is 104 Å². The number of nitrogen functional groups attached to an aromatic ring is 1. The number of aliphatic hydroxyl groups excluding tert-OH is 1. The fourth-order valence-corrected chi connectivity index (χ4v) is 3.59. The smallest absolute Gasteiger partial charge is 0.220 e. The Bertz CT molecular complexity index is 890. The van der Waals surface area contributed by atoms with E-state index in [0.29, 0.717) is 0 Å². The van der Waals surface area contributed by atoms with Gasteiger partial charge in [0.2, 0.25) is 5.95 Å². The summed E-state index contributed by atoms with van der Waals surface area (Å²) in [6.45, 7) is 3.14. The number of anilines is 2. The first-order valence-electron chi connectivity index (χ1n) is 8.12. The summed E-state index contributed by atoms with van der Waals surface area (Å²) >= 11 is 0. The number of fused-ring (bicyclic) bond motifs is 1. The number of hydrogen-bond acceptors (Lipinski definition) is 6. The van der Waals surface area contributed by atoms with Crippen LogP contribution in [0.2, 0.25) is 0 Å². The van der Waals surface area contributed by atoms with E-state index in [1.807, 2.05) is 18.5 Å². The fourth-order valence-electron chi connectivity index (χ4n) is 3.59. The molecular formula is C17H20N6O. The van der Waals surface area contributed by atoms with Crippen molar-refractivity contribution in [2.75, 3.05) is 23.8 Å². The van der Waals surface area contributed by atoms with Crippen LogP contribution in [0.5, 0.6) is 0 Å². The summed E-state index contributed by atoms with van der Waals surface area (Å²) in [4.78, 5) is 18.4. The van der Waals surface area contributed by atoms with Crippen molar-refractivity contribution in [3.05, 3.63) is 30.2 Å². The Labute approximate surface area is 139 Å². The van der Waals surface area contributed by atoms with Gasteiger partial charge in [0.05, 0.1) is 29.4 Å². The molecule has 0 amide bonds. The van der Waals surface area contributed by atoms with Crippen LogP contribution < -0.4 is 10.6 Å². The summed E-state index contributed by atoms with van der Waals surface area (Å²) in [6, 6.07) is 1.99. The highest BCUT2D eigenvalue weighted by molar-refractivity contribution is 6.03. The molecule has 0 unspecified atom stereocenters. The zero-order valence-corrected chi connectivity index (χ0v) is 13.5. The molecule has 1 saturated heterocycles. The first-order valence-corrected chi connectivity index (χ1v) is 8.12. The minimum atomic E-state index is 0.146. The lowest BCUT2D eigenvalue weighted by atomic mass is 10.1. The van der Waals surface area contributed by atoms with E-state index in [0.717, 1.165) is 52.9 Å². The third-order valence-corrected chi connectivity index (χ3v) is 4.68. The van der Waals surface area contributed by atoms with Crippen LogP contribution in [0.1, 0.15) is 18.4 Å². The summed E-state index contributed by atoms with van der Waals surface area (Å²) in [5.74, 6) is 0.249. The lowest BCUT2D eigenvalue weighted by Crippen LogP contribution is -2.32. The molecule has 0 saturated carbocycles. The molecule has 3 aromatic heterocycles. The average Bonchev–Trinajstić information content (AvgIpc) is 3.21. The van der Waals surface area contributed by atoms with Crippen LogP contribution >= 0.6 is 0 Å². The number of aliphatic hydroxyl groups is 1. The lowest BCUT2D eigenvalue weighted by Gasteiger charge is -2.28. The van der Waals surface area contributed by atoms with Crippen LogP contribution in [0.4, 0.5) is 11.6 Å². The Kier molecular flexibility index (Phi) is 3.57. The Balaban J connectivity index is 1.96. The second-order valence-electron chi connectivity index (χ2n) is 6.19. The molecular weight excluding hydrogens is 304 g/mol. The first kappa shape index (κ1) is 14.9. The Hall–Kier alpha value is -2.67. The quantitative estimate of drug-likeness (QED) is 0.679. The lowest BCUT2D eigenvalue weighted by molar-refractivity contribution is 0.266. The Morgan fingerprint density at radius 3 is 3.08 bits per heavy atom. The number of pyridine rings is 1. The molecule has 24 heavy (non-hydrogen) atoms. The second kappa shape index (κ2) is 5.76. The fraction of sp³-hybridized carbons (Fsp3) is 0.353. The number of nitrogens with one attached hydrogen (secondary N) is 1. The number of aromatic nitrogens is 4. The molecule has 1 atom stereocenters. The summed E-state index contributed by atoms with van der Waals surface area (Å²) < 4.78 is 0. The zero-order valence-electron chi connectivity index (χ0n) is 13.5. The molecule has 1 aliphatic rings. The van der Waals surface area contributed by atoms with E-state index in [2.05, 4.69) is 31.8 Å². The minimum Gasteiger partial charge on any atom is -0.394 e. The summed E-state index contributed by atoms with van der Waals surface area (Å²) in [5.41, 5.74) is 10.5. The molecule has 0 aliphatic carbocycles. The van der Waals surface area contributed by atoms with E-state index in [1.165, 1.54) is 0 Å². The van der Waals surface area contributed by atoms with Crippen LogP contribution in [-0.2, 0) is 0 Å². The standard InChI is InChI=1S/C17H20N6O/c1-10-7-20-16-14(15(10)23-6-2-3-11(23)9-24)12(8-21-16)13-4-5-19-17(18)22-13/h4-5,7-8,11,24H,2-3,6,9H2,1H3,(H,20,21)(H2,18,19,22)/t11-/m0/s1. The van der Waals surface area contributed by atoms with Gasteiger partial charge < -0.3 is 20.7 Å². The Morgan fingerprint density at radius 1 is 1.42 bits per heavy atom. The largest absolute Gasteiger partial charge is 0.394 e. The van der Waals surface area contributed by atoms with Crippen LogP contribution in [0, 0.1) is 6.92 Å². The number of aryl methyl sites for hydroxylation is 1. The molecule has 1 aliphatic heterocycles. The van der Waals surface area contributed by atoms with E-state index >= 15 is 0 Å². The maximum atomic E-state index is 9.73. The van der Waals surface area contributed by atoms with Gasteiger partial charge in [-0.1, -0.05) is 0 Å². The number of nitrogens with two attached hydrogens (primary N) is 1.